The number of H-pyrrole nitrogens is 1. The summed E-state index contributed by atoms with van der Waals surface area (Å²) in [4.78, 5) is 10.9. The van der Waals surface area contributed by atoms with Crippen LogP contribution in [0.4, 0.5) is 17.6 Å². The number of nitrogens with two attached hydrogens (primary N) is 1. The van der Waals surface area contributed by atoms with Crippen LogP contribution in [0.2, 0.25) is 0 Å². The summed E-state index contributed by atoms with van der Waals surface area (Å²) in [6, 6.07) is 1.95. The zero-order valence-corrected chi connectivity index (χ0v) is 14.4. The largest absolute Gasteiger partial charge is 0.378 e. The molecular formula is C17H25N7O. The molecule has 3 heterocycles. The minimum absolute atomic E-state index is 0.285. The third-order valence-corrected chi connectivity index (χ3v) is 4.89. The molecule has 2 aliphatic rings. The van der Waals surface area contributed by atoms with Gasteiger partial charge in [0.05, 0.1) is 25.5 Å². The van der Waals surface area contributed by atoms with Gasteiger partial charge in [0.15, 0.2) is 0 Å². The predicted molar refractivity (Wildman–Crippen MR) is 96.6 cm³/mol. The summed E-state index contributed by atoms with van der Waals surface area (Å²) in [5.74, 6) is 1.87. The molecule has 1 fully saturated rings. The molecule has 0 radical (unpaired) electrons. The van der Waals surface area contributed by atoms with Crippen LogP contribution in [0, 0.1) is 0 Å². The van der Waals surface area contributed by atoms with E-state index in [0.29, 0.717) is 19.8 Å². The first-order chi connectivity index (χ1) is 12.3. The van der Waals surface area contributed by atoms with Gasteiger partial charge in [-0.1, -0.05) is 6.42 Å². The van der Waals surface area contributed by atoms with Gasteiger partial charge in [0.25, 0.3) is 0 Å². The fraction of sp³-hybridized carbons (Fsp3) is 0.588. The topological polar surface area (TPSA) is 105 Å². The minimum Gasteiger partial charge on any atom is -0.378 e. The lowest BCUT2D eigenvalue weighted by molar-refractivity contribution is 0.122. The number of nitrogens with one attached hydrogen (secondary N) is 2. The predicted octanol–water partition coefficient (Wildman–Crippen LogP) is 1.50. The number of nitrogen functional groups attached to an aromatic ring is 1. The Labute approximate surface area is 147 Å². The van der Waals surface area contributed by atoms with Gasteiger partial charge in [-0.3, -0.25) is 5.10 Å². The summed E-state index contributed by atoms with van der Waals surface area (Å²) in [5, 5.41) is 11.1. The number of ether oxygens (including phenoxy) is 1. The number of nitrogens with zero attached hydrogens (tertiary/aromatic N) is 4. The highest BCUT2D eigenvalue weighted by molar-refractivity contribution is 5.53. The fourth-order valence-electron chi connectivity index (χ4n) is 3.54. The van der Waals surface area contributed by atoms with Crippen molar-refractivity contribution in [3.63, 3.8) is 0 Å². The van der Waals surface area contributed by atoms with E-state index >= 15 is 0 Å². The van der Waals surface area contributed by atoms with E-state index in [9.17, 15) is 0 Å². The quantitative estimate of drug-likeness (QED) is 0.723. The molecule has 8 heteroatoms. The van der Waals surface area contributed by atoms with Crippen molar-refractivity contribution in [2.24, 2.45) is 0 Å². The third kappa shape index (κ3) is 3.68. The molecule has 0 saturated carbocycles. The van der Waals surface area contributed by atoms with Gasteiger partial charge in [-0.2, -0.15) is 15.1 Å². The number of hydrogen-bond acceptors (Lipinski definition) is 7. The standard InChI is InChI=1S/C17H25N7O/c18-17-20-15(10-16(21-17)24-6-8-25-9-7-24)19-11-14-12-4-2-1-3-5-13(12)22-23-14/h10H,1-9,11H2,(H,22,23)(H3,18,19,20,21). The Kier molecular flexibility index (Phi) is 4.69. The Morgan fingerprint density at radius 3 is 2.88 bits per heavy atom. The molecule has 0 aromatic carbocycles. The molecule has 1 saturated heterocycles. The molecule has 1 aliphatic heterocycles. The lowest BCUT2D eigenvalue weighted by Crippen LogP contribution is -2.37. The summed E-state index contributed by atoms with van der Waals surface area (Å²) in [5.41, 5.74) is 9.66. The fourth-order valence-corrected chi connectivity index (χ4v) is 3.54. The summed E-state index contributed by atoms with van der Waals surface area (Å²) < 4.78 is 5.40. The van der Waals surface area contributed by atoms with Crippen LogP contribution in [-0.4, -0.2) is 46.5 Å². The van der Waals surface area contributed by atoms with Gasteiger partial charge in [0.1, 0.15) is 11.6 Å². The lowest BCUT2D eigenvalue weighted by atomic mass is 10.1. The first-order valence-corrected chi connectivity index (χ1v) is 9.06. The lowest BCUT2D eigenvalue weighted by Gasteiger charge is -2.28. The normalized spacial score (nSPS) is 17.8. The van der Waals surface area contributed by atoms with E-state index in [4.69, 9.17) is 10.5 Å². The molecule has 25 heavy (non-hydrogen) atoms. The van der Waals surface area contributed by atoms with Gasteiger partial charge in [0, 0.05) is 24.8 Å². The van der Waals surface area contributed by atoms with Crippen LogP contribution in [0.5, 0.6) is 0 Å². The first-order valence-electron chi connectivity index (χ1n) is 9.06. The maximum Gasteiger partial charge on any atom is 0.223 e. The second-order valence-corrected chi connectivity index (χ2v) is 6.61. The van der Waals surface area contributed by atoms with Crippen molar-refractivity contribution in [3.8, 4) is 0 Å². The number of aryl methyl sites for hydroxylation is 1. The highest BCUT2D eigenvalue weighted by Crippen LogP contribution is 2.23. The van der Waals surface area contributed by atoms with E-state index in [-0.39, 0.29) is 5.95 Å². The van der Waals surface area contributed by atoms with E-state index < -0.39 is 0 Å². The van der Waals surface area contributed by atoms with Gasteiger partial charge < -0.3 is 20.7 Å². The van der Waals surface area contributed by atoms with E-state index in [1.165, 1.54) is 30.5 Å². The average molecular weight is 343 g/mol. The molecule has 8 nitrogen and oxygen atoms in total. The third-order valence-electron chi connectivity index (χ3n) is 4.89. The average Bonchev–Trinajstić information content (AvgIpc) is 2.86. The molecule has 134 valence electrons. The van der Waals surface area contributed by atoms with Gasteiger partial charge >= 0.3 is 0 Å². The van der Waals surface area contributed by atoms with Crippen LogP contribution >= 0.6 is 0 Å². The zero-order chi connectivity index (χ0) is 17.1. The maximum atomic E-state index is 5.90. The Balaban J connectivity index is 1.48. The number of aromatic amines is 1. The molecule has 0 unspecified atom stereocenters. The molecule has 0 amide bonds. The molecule has 4 rings (SSSR count). The van der Waals surface area contributed by atoms with Crippen LogP contribution in [0.15, 0.2) is 6.07 Å². The molecule has 2 aromatic heterocycles. The minimum atomic E-state index is 0.285. The molecular weight excluding hydrogens is 318 g/mol. The monoisotopic (exact) mass is 343 g/mol. The Morgan fingerprint density at radius 2 is 2.00 bits per heavy atom. The highest BCUT2D eigenvalue weighted by Gasteiger charge is 2.17. The van der Waals surface area contributed by atoms with E-state index in [1.807, 2.05) is 6.07 Å². The van der Waals surface area contributed by atoms with Gasteiger partial charge in [-0.05, 0) is 31.2 Å². The number of aromatic nitrogens is 4. The van der Waals surface area contributed by atoms with Crippen LogP contribution in [0.1, 0.15) is 36.2 Å². The van der Waals surface area contributed by atoms with Crippen molar-refractivity contribution in [2.45, 2.75) is 38.6 Å². The van der Waals surface area contributed by atoms with E-state index in [1.54, 1.807) is 0 Å². The van der Waals surface area contributed by atoms with Crippen molar-refractivity contribution in [3.05, 3.63) is 23.0 Å². The summed E-state index contributed by atoms with van der Waals surface area (Å²) in [6.45, 7) is 3.72. The Morgan fingerprint density at radius 1 is 1.16 bits per heavy atom. The number of anilines is 3. The molecule has 4 N–H and O–H groups in total. The summed E-state index contributed by atoms with van der Waals surface area (Å²) >= 11 is 0. The van der Waals surface area contributed by atoms with Gasteiger partial charge in [-0.15, -0.1) is 0 Å². The molecule has 0 spiro atoms. The highest BCUT2D eigenvalue weighted by atomic mass is 16.5. The number of morpholine rings is 1. The Bertz CT molecular complexity index is 724. The molecule has 0 atom stereocenters. The van der Waals surface area contributed by atoms with Crippen LogP contribution in [0.25, 0.3) is 0 Å². The smallest absolute Gasteiger partial charge is 0.223 e. The van der Waals surface area contributed by atoms with Crippen molar-refractivity contribution < 1.29 is 4.74 Å². The number of fused-ring (bicyclic) bond motifs is 1. The van der Waals surface area contributed by atoms with E-state index in [2.05, 4.69) is 30.4 Å². The van der Waals surface area contributed by atoms with Gasteiger partial charge in [0.2, 0.25) is 5.95 Å². The van der Waals surface area contributed by atoms with Crippen molar-refractivity contribution in [2.75, 3.05) is 42.3 Å². The van der Waals surface area contributed by atoms with Crippen LogP contribution in [-0.2, 0) is 24.1 Å². The second-order valence-electron chi connectivity index (χ2n) is 6.61. The zero-order valence-electron chi connectivity index (χ0n) is 14.4. The summed E-state index contributed by atoms with van der Waals surface area (Å²) in [7, 11) is 0. The summed E-state index contributed by atoms with van der Waals surface area (Å²) in [6.07, 6.45) is 5.98. The molecule has 2 aromatic rings. The van der Waals surface area contributed by atoms with E-state index in [0.717, 1.165) is 43.3 Å². The Hall–Kier alpha value is -2.35. The van der Waals surface area contributed by atoms with Crippen LogP contribution < -0.4 is 16.0 Å². The van der Waals surface area contributed by atoms with Crippen molar-refractivity contribution >= 4 is 17.6 Å². The maximum absolute atomic E-state index is 5.90. The number of hydrogen-bond donors (Lipinski definition) is 3. The van der Waals surface area contributed by atoms with Crippen molar-refractivity contribution in [1.82, 2.24) is 20.2 Å². The first kappa shape index (κ1) is 16.1. The molecule has 1 aliphatic carbocycles. The number of rotatable bonds is 4. The molecule has 0 bridgehead atoms. The second kappa shape index (κ2) is 7.26. The van der Waals surface area contributed by atoms with Crippen molar-refractivity contribution in [1.29, 1.82) is 0 Å². The van der Waals surface area contributed by atoms with Gasteiger partial charge in [-0.25, -0.2) is 0 Å². The van der Waals surface area contributed by atoms with Crippen LogP contribution in [0.3, 0.4) is 0 Å². The SMILES string of the molecule is Nc1nc(NCc2n[nH]c3c2CCCCC3)cc(N2CCOCC2)n1.